The number of fused-ring (bicyclic) bond motifs is 4. The van der Waals surface area contributed by atoms with Crippen LogP contribution in [0.15, 0.2) is 170 Å². The van der Waals surface area contributed by atoms with Crippen LogP contribution in [0, 0.1) is 30.4 Å². The minimum absolute atomic E-state index is 0. The molecule has 2 aromatic heterocycles. The fourth-order valence-corrected chi connectivity index (χ4v) is 10.3. The van der Waals surface area contributed by atoms with Crippen molar-refractivity contribution in [2.75, 3.05) is 9.80 Å². The van der Waals surface area contributed by atoms with E-state index in [4.69, 9.17) is 9.72 Å². The van der Waals surface area contributed by atoms with Crippen LogP contribution in [0.5, 0.6) is 11.5 Å². The van der Waals surface area contributed by atoms with Gasteiger partial charge in [-0.05, 0) is 109 Å². The van der Waals surface area contributed by atoms with Crippen LogP contribution in [-0.2, 0) is 31.9 Å². The molecule has 8 heteroatoms. The first-order valence-corrected chi connectivity index (χ1v) is 25.9. The number of benzene rings is 8. The predicted molar refractivity (Wildman–Crippen MR) is 306 cm³/mol. The van der Waals surface area contributed by atoms with E-state index in [0.717, 1.165) is 78.7 Å². The van der Waals surface area contributed by atoms with Gasteiger partial charge in [0.25, 0.3) is 0 Å². The molecule has 0 N–H and O–H groups in total. The minimum atomic E-state index is -0.642. The topological polar surface area (TPSA) is 33.5 Å². The smallest absolute Gasteiger partial charge is 0.135 e. The van der Waals surface area contributed by atoms with Gasteiger partial charge in [-0.1, -0.05) is 166 Å². The van der Waals surface area contributed by atoms with E-state index in [1.807, 2.05) is 42.6 Å². The number of aromatic nitrogens is 2. The third-order valence-electron chi connectivity index (χ3n) is 14.5. The van der Waals surface area contributed by atoms with Crippen LogP contribution < -0.4 is 14.5 Å². The molecule has 1 aliphatic rings. The summed E-state index contributed by atoms with van der Waals surface area (Å²) in [6.45, 7) is 24.2. The van der Waals surface area contributed by atoms with Gasteiger partial charge in [0.2, 0.25) is 0 Å². The normalized spacial score (nSPS) is 12.8. The van der Waals surface area contributed by atoms with Crippen molar-refractivity contribution >= 4 is 44.6 Å². The molecule has 76 heavy (non-hydrogen) atoms. The quantitative estimate of drug-likeness (QED) is 0.128. The Hall–Kier alpha value is -7.34. The number of ether oxygens (including phenoxy) is 1. The third-order valence-corrected chi connectivity index (χ3v) is 14.5. The number of anilines is 4. The summed E-state index contributed by atoms with van der Waals surface area (Å²) in [6.07, 6.45) is 1.88. The maximum Gasteiger partial charge on any atom is 0.135 e. The van der Waals surface area contributed by atoms with Crippen molar-refractivity contribution in [3.05, 3.63) is 223 Å². The molecule has 0 aliphatic carbocycles. The molecule has 386 valence electrons. The number of rotatable bonds is 10. The summed E-state index contributed by atoms with van der Waals surface area (Å²) >= 11 is 0. The molecule has 0 spiro atoms. The zero-order valence-corrected chi connectivity index (χ0v) is 46.9. The molecule has 0 unspecified atom stereocenters. The number of hydrogen-bond acceptors (Lipinski definition) is 4. The van der Waals surface area contributed by atoms with Crippen LogP contribution in [0.2, 0.25) is 0 Å². The van der Waals surface area contributed by atoms with Crippen LogP contribution >= 0.6 is 0 Å². The fraction of sp³-hybridized carbons (Fsp3) is 0.206. The molecule has 0 amide bonds. The zero-order chi connectivity index (χ0) is 52.5. The first kappa shape index (κ1) is 52.1. The molecule has 0 atom stereocenters. The van der Waals surface area contributed by atoms with Crippen LogP contribution in [0.1, 0.15) is 103 Å². The second-order valence-electron chi connectivity index (χ2n) is 22.5. The molecule has 11 rings (SSSR count). The van der Waals surface area contributed by atoms with Crippen molar-refractivity contribution in [1.29, 1.82) is 0 Å². The van der Waals surface area contributed by atoms with Crippen LogP contribution in [0.4, 0.5) is 31.5 Å². The van der Waals surface area contributed by atoms with Crippen LogP contribution in [-0.4, -0.2) is 9.55 Å². The Morgan fingerprint density at radius 1 is 0.526 bits per heavy atom. The summed E-state index contributed by atoms with van der Waals surface area (Å²) in [5.41, 5.74) is 15.0. The molecule has 8 aromatic carbocycles. The van der Waals surface area contributed by atoms with Gasteiger partial charge in [0, 0.05) is 78.5 Å². The molecule has 5 nitrogen and oxygen atoms in total. The Balaban J connectivity index is 0.00000657. The van der Waals surface area contributed by atoms with Crippen LogP contribution in [0.25, 0.3) is 61.0 Å². The van der Waals surface area contributed by atoms with Gasteiger partial charge in [-0.2, -0.15) is 6.07 Å². The van der Waals surface area contributed by atoms with Crippen molar-refractivity contribution < 1.29 is 34.6 Å². The molecule has 0 radical (unpaired) electrons. The Labute approximate surface area is 461 Å². The number of pyridine rings is 1. The van der Waals surface area contributed by atoms with Crippen molar-refractivity contribution in [1.82, 2.24) is 9.55 Å². The molecule has 0 saturated heterocycles. The van der Waals surface area contributed by atoms with Crippen LogP contribution in [0.3, 0.4) is 0 Å². The Kier molecular flexibility index (Phi) is 13.9. The average Bonchev–Trinajstić information content (AvgIpc) is 3.94. The number of halogens is 2. The second-order valence-corrected chi connectivity index (χ2v) is 22.5. The number of hydrogen-bond donors (Lipinski definition) is 0. The van der Waals surface area contributed by atoms with E-state index in [2.05, 4.69) is 212 Å². The van der Waals surface area contributed by atoms with Gasteiger partial charge in [0.15, 0.2) is 0 Å². The van der Waals surface area contributed by atoms with Crippen molar-refractivity contribution in [2.45, 2.75) is 91.9 Å². The van der Waals surface area contributed by atoms with Gasteiger partial charge in [0.1, 0.15) is 17.5 Å². The Bertz CT molecular complexity index is 3760. The van der Waals surface area contributed by atoms with E-state index in [-0.39, 0.29) is 43.7 Å². The van der Waals surface area contributed by atoms with Crippen molar-refractivity contribution in [3.63, 3.8) is 0 Å². The minimum Gasteiger partial charge on any atom is -0.509 e. The standard InChI is InChI=1S/C68H61F2N4O.Pt/c1-42(2)45-30-46(43(3)4)32-48(31-45)57-17-15-18-58(49-33-52(69)38-53(70)34-49)66(57)73-41-72(62-20-13-14-21-63(62)73)54-35-47(44-22-24-50(25-23-44)67(5,6)7)36-56(39-54)75-55-26-27-60-59-16-11-12-19-61(59)74(64(60)40-55)65-37-51(28-29-71-65)68(8,9)10;/h11-38,41-43H,1-10H3;/q-3;. The van der Waals surface area contributed by atoms with Crippen molar-refractivity contribution in [3.8, 4) is 50.7 Å². The maximum absolute atomic E-state index is 15.3. The van der Waals surface area contributed by atoms with E-state index in [0.29, 0.717) is 22.6 Å². The summed E-state index contributed by atoms with van der Waals surface area (Å²) in [6, 6.07) is 61.8. The largest absolute Gasteiger partial charge is 0.509 e. The van der Waals surface area contributed by atoms with E-state index >= 15 is 8.78 Å². The van der Waals surface area contributed by atoms with Crippen molar-refractivity contribution in [2.24, 2.45) is 0 Å². The molecule has 0 fully saturated rings. The number of para-hydroxylation sites is 4. The molecule has 0 bridgehead atoms. The fourth-order valence-electron chi connectivity index (χ4n) is 10.3. The SMILES string of the molecule is CC(C)c1cc(-c2cccc(-c3cc(F)cc(F)c3)c2N2[CH-]N(c3[c-]c(Oc4[c-]c5c(cc4)c4ccccc4n5-c4cc(C(C)(C)C)ccn4)cc(-c4ccc(C(C)(C)C)cc4)c3)c3ccccc32)cc(C(C)C)c1.[Pt]. The summed E-state index contributed by atoms with van der Waals surface area (Å²) in [7, 11) is 0. The maximum atomic E-state index is 15.3. The number of nitrogens with zero attached hydrogens (tertiary/aromatic N) is 4. The van der Waals surface area contributed by atoms with Gasteiger partial charge in [-0.3, -0.25) is 0 Å². The van der Waals surface area contributed by atoms with Gasteiger partial charge in [-0.15, -0.1) is 53.6 Å². The van der Waals surface area contributed by atoms with E-state index in [1.54, 1.807) is 0 Å². The van der Waals surface area contributed by atoms with Gasteiger partial charge >= 0.3 is 0 Å². The van der Waals surface area contributed by atoms with E-state index < -0.39 is 11.6 Å². The summed E-state index contributed by atoms with van der Waals surface area (Å²) < 4.78 is 39.7. The van der Waals surface area contributed by atoms with E-state index in [9.17, 15) is 0 Å². The first-order chi connectivity index (χ1) is 35.9. The molecule has 0 saturated carbocycles. The molecule has 1 aliphatic heterocycles. The van der Waals surface area contributed by atoms with Gasteiger partial charge < -0.3 is 19.1 Å². The summed E-state index contributed by atoms with van der Waals surface area (Å²) in [4.78, 5) is 9.19. The first-order valence-electron chi connectivity index (χ1n) is 25.9. The van der Waals surface area contributed by atoms with E-state index in [1.165, 1.54) is 34.4 Å². The predicted octanol–water partition coefficient (Wildman–Crippen LogP) is 19.1. The summed E-state index contributed by atoms with van der Waals surface area (Å²) in [5, 5.41) is 2.14. The molecule has 3 heterocycles. The van der Waals surface area contributed by atoms with Gasteiger partial charge in [0.05, 0.1) is 0 Å². The van der Waals surface area contributed by atoms with Gasteiger partial charge in [-0.25, -0.2) is 13.8 Å². The Morgan fingerprint density at radius 2 is 1.14 bits per heavy atom. The third kappa shape index (κ3) is 9.98. The molecule has 10 aromatic rings. The molecular weight excluding hydrogens is 1120 g/mol. The Morgan fingerprint density at radius 3 is 1.79 bits per heavy atom. The summed E-state index contributed by atoms with van der Waals surface area (Å²) in [5.74, 6) is 1.10. The average molecular weight is 1180 g/mol. The monoisotopic (exact) mass is 1180 g/mol. The second kappa shape index (κ2) is 20.3. The molecular formula is C68H61F2N4OPt-3. The zero-order valence-electron chi connectivity index (χ0n) is 44.7.